The summed E-state index contributed by atoms with van der Waals surface area (Å²) in [6.45, 7) is 0.380. The molecule has 3 rings (SSSR count). The Kier molecular flexibility index (Phi) is 3.09. The topological polar surface area (TPSA) is 63.8 Å². The van der Waals surface area contributed by atoms with Crippen LogP contribution in [0, 0.1) is 0 Å². The lowest BCUT2D eigenvalue weighted by Gasteiger charge is -2.08. The molecule has 0 saturated heterocycles. The Hall–Kier alpha value is -2.82. The zero-order valence-electron chi connectivity index (χ0n) is 10.6. The van der Waals surface area contributed by atoms with Crippen molar-refractivity contribution in [2.45, 2.75) is 6.61 Å². The van der Waals surface area contributed by atoms with Gasteiger partial charge in [0.25, 0.3) is 0 Å². The SMILES string of the molecule is O=C(O)c1cnn2cccc(OCc3ccccc3)c12. The Balaban J connectivity index is 1.95. The van der Waals surface area contributed by atoms with Gasteiger partial charge >= 0.3 is 5.97 Å². The summed E-state index contributed by atoms with van der Waals surface area (Å²) in [5.74, 6) is -0.512. The predicted octanol–water partition coefficient (Wildman–Crippen LogP) is 2.61. The van der Waals surface area contributed by atoms with Crippen LogP contribution < -0.4 is 4.74 Å². The highest BCUT2D eigenvalue weighted by Crippen LogP contribution is 2.24. The molecular weight excluding hydrogens is 256 g/mol. The quantitative estimate of drug-likeness (QED) is 0.790. The minimum atomic E-state index is -1.02. The fourth-order valence-corrected chi connectivity index (χ4v) is 2.02. The van der Waals surface area contributed by atoms with Crippen molar-refractivity contribution in [3.8, 4) is 5.75 Å². The predicted molar refractivity (Wildman–Crippen MR) is 72.9 cm³/mol. The average molecular weight is 268 g/mol. The number of carbonyl (C=O) groups is 1. The van der Waals surface area contributed by atoms with E-state index in [0.29, 0.717) is 17.9 Å². The minimum Gasteiger partial charge on any atom is -0.487 e. The monoisotopic (exact) mass is 268 g/mol. The second-order valence-corrected chi connectivity index (χ2v) is 4.30. The zero-order chi connectivity index (χ0) is 13.9. The van der Waals surface area contributed by atoms with Crippen molar-refractivity contribution in [3.63, 3.8) is 0 Å². The Labute approximate surface area is 115 Å². The van der Waals surface area contributed by atoms with Crippen LogP contribution in [0.2, 0.25) is 0 Å². The Morgan fingerprint density at radius 2 is 2.00 bits per heavy atom. The van der Waals surface area contributed by atoms with E-state index in [-0.39, 0.29) is 5.56 Å². The maximum Gasteiger partial charge on any atom is 0.339 e. The summed E-state index contributed by atoms with van der Waals surface area (Å²) < 4.78 is 7.23. The maximum absolute atomic E-state index is 11.2. The van der Waals surface area contributed by atoms with Gasteiger partial charge in [0.2, 0.25) is 0 Å². The van der Waals surface area contributed by atoms with Crippen LogP contribution in [0.5, 0.6) is 5.75 Å². The van der Waals surface area contributed by atoms with Crippen LogP contribution >= 0.6 is 0 Å². The number of ether oxygens (including phenoxy) is 1. The Bertz CT molecular complexity index is 750. The number of pyridine rings is 1. The third-order valence-electron chi connectivity index (χ3n) is 2.97. The normalized spacial score (nSPS) is 10.6. The molecule has 2 aromatic heterocycles. The molecule has 1 aromatic carbocycles. The van der Waals surface area contributed by atoms with Crippen molar-refractivity contribution in [2.75, 3.05) is 0 Å². The fourth-order valence-electron chi connectivity index (χ4n) is 2.02. The number of benzene rings is 1. The lowest BCUT2D eigenvalue weighted by Crippen LogP contribution is -2.00. The summed E-state index contributed by atoms with van der Waals surface area (Å²) in [4.78, 5) is 11.2. The summed E-state index contributed by atoms with van der Waals surface area (Å²) in [5.41, 5.74) is 1.62. The van der Waals surface area contributed by atoms with Gasteiger partial charge in [0.1, 0.15) is 23.4 Å². The van der Waals surface area contributed by atoms with E-state index in [1.807, 2.05) is 30.3 Å². The molecule has 3 aromatic rings. The molecule has 0 aliphatic rings. The van der Waals surface area contributed by atoms with Crippen LogP contribution in [0.25, 0.3) is 5.52 Å². The molecule has 20 heavy (non-hydrogen) atoms. The fraction of sp³-hybridized carbons (Fsp3) is 0.0667. The summed E-state index contributed by atoms with van der Waals surface area (Å²) in [7, 11) is 0. The van der Waals surface area contributed by atoms with Crippen LogP contribution in [0.3, 0.4) is 0 Å². The molecule has 0 aliphatic carbocycles. The Morgan fingerprint density at radius 3 is 2.75 bits per heavy atom. The van der Waals surface area contributed by atoms with Crippen LogP contribution in [0.1, 0.15) is 15.9 Å². The van der Waals surface area contributed by atoms with E-state index in [4.69, 9.17) is 4.74 Å². The molecule has 0 aliphatic heterocycles. The van der Waals surface area contributed by atoms with E-state index in [1.54, 1.807) is 18.3 Å². The van der Waals surface area contributed by atoms with Gasteiger partial charge in [-0.3, -0.25) is 0 Å². The summed E-state index contributed by atoms with van der Waals surface area (Å²) in [5, 5.41) is 13.2. The molecule has 0 unspecified atom stereocenters. The van der Waals surface area contributed by atoms with Gasteiger partial charge in [0, 0.05) is 6.20 Å². The highest BCUT2D eigenvalue weighted by molar-refractivity contribution is 5.97. The van der Waals surface area contributed by atoms with Gasteiger partial charge in [-0.25, -0.2) is 9.31 Å². The molecule has 0 spiro atoms. The first kappa shape index (κ1) is 12.2. The third kappa shape index (κ3) is 2.21. The smallest absolute Gasteiger partial charge is 0.339 e. The second-order valence-electron chi connectivity index (χ2n) is 4.30. The number of aromatic carboxylic acids is 1. The number of rotatable bonds is 4. The van der Waals surface area contributed by atoms with Gasteiger partial charge in [-0.2, -0.15) is 5.10 Å². The number of hydrogen-bond donors (Lipinski definition) is 1. The molecule has 0 radical (unpaired) electrons. The van der Waals surface area contributed by atoms with Gasteiger partial charge in [0.05, 0.1) is 6.20 Å². The Morgan fingerprint density at radius 1 is 1.20 bits per heavy atom. The van der Waals surface area contributed by atoms with Crippen molar-refractivity contribution < 1.29 is 14.6 Å². The van der Waals surface area contributed by atoms with E-state index < -0.39 is 5.97 Å². The van der Waals surface area contributed by atoms with Crippen molar-refractivity contribution in [3.05, 3.63) is 66.0 Å². The second kappa shape index (κ2) is 5.05. The first-order chi connectivity index (χ1) is 9.75. The maximum atomic E-state index is 11.2. The van der Waals surface area contributed by atoms with Crippen LogP contribution in [-0.4, -0.2) is 20.7 Å². The van der Waals surface area contributed by atoms with E-state index in [1.165, 1.54) is 10.7 Å². The van der Waals surface area contributed by atoms with Crippen molar-refractivity contribution in [2.24, 2.45) is 0 Å². The largest absolute Gasteiger partial charge is 0.487 e. The van der Waals surface area contributed by atoms with Crippen molar-refractivity contribution >= 4 is 11.5 Å². The van der Waals surface area contributed by atoms with E-state index >= 15 is 0 Å². The van der Waals surface area contributed by atoms with Gasteiger partial charge in [-0.1, -0.05) is 30.3 Å². The van der Waals surface area contributed by atoms with Gasteiger partial charge < -0.3 is 9.84 Å². The molecule has 0 bridgehead atoms. The molecule has 0 saturated carbocycles. The molecule has 2 heterocycles. The number of hydrogen-bond acceptors (Lipinski definition) is 3. The van der Waals surface area contributed by atoms with Crippen LogP contribution in [0.15, 0.2) is 54.9 Å². The standard InChI is InChI=1S/C15H12N2O3/c18-15(19)12-9-16-17-8-4-7-13(14(12)17)20-10-11-5-2-1-3-6-11/h1-9H,10H2,(H,18,19). The van der Waals surface area contributed by atoms with Crippen LogP contribution in [0.4, 0.5) is 0 Å². The molecule has 100 valence electrons. The first-order valence-electron chi connectivity index (χ1n) is 6.12. The molecular formula is C15H12N2O3. The molecule has 1 N–H and O–H groups in total. The van der Waals surface area contributed by atoms with E-state index in [2.05, 4.69) is 5.10 Å². The average Bonchev–Trinajstić information content (AvgIpc) is 2.91. The van der Waals surface area contributed by atoms with Gasteiger partial charge in [0.15, 0.2) is 0 Å². The lowest BCUT2D eigenvalue weighted by molar-refractivity contribution is 0.0698. The van der Waals surface area contributed by atoms with E-state index in [9.17, 15) is 9.90 Å². The zero-order valence-corrected chi connectivity index (χ0v) is 10.6. The molecule has 5 heteroatoms. The number of aromatic nitrogens is 2. The van der Waals surface area contributed by atoms with E-state index in [0.717, 1.165) is 5.56 Å². The lowest BCUT2D eigenvalue weighted by atomic mass is 10.2. The number of fused-ring (bicyclic) bond motifs is 1. The van der Waals surface area contributed by atoms with Crippen molar-refractivity contribution in [1.29, 1.82) is 0 Å². The highest BCUT2D eigenvalue weighted by atomic mass is 16.5. The highest BCUT2D eigenvalue weighted by Gasteiger charge is 2.15. The molecule has 0 amide bonds. The number of nitrogens with zero attached hydrogens (tertiary/aromatic N) is 2. The third-order valence-corrected chi connectivity index (χ3v) is 2.97. The number of carboxylic acids is 1. The van der Waals surface area contributed by atoms with Crippen molar-refractivity contribution in [1.82, 2.24) is 9.61 Å². The first-order valence-corrected chi connectivity index (χ1v) is 6.12. The molecule has 5 nitrogen and oxygen atoms in total. The molecule has 0 fully saturated rings. The van der Waals surface area contributed by atoms with Gasteiger partial charge in [-0.15, -0.1) is 0 Å². The molecule has 0 atom stereocenters. The van der Waals surface area contributed by atoms with Crippen LogP contribution in [-0.2, 0) is 6.61 Å². The summed E-state index contributed by atoms with van der Waals surface area (Å²) >= 11 is 0. The summed E-state index contributed by atoms with van der Waals surface area (Å²) in [6.07, 6.45) is 3.02. The minimum absolute atomic E-state index is 0.133. The summed E-state index contributed by atoms with van der Waals surface area (Å²) in [6, 6.07) is 13.2. The number of carboxylic acid groups (broad SMARTS) is 1. The van der Waals surface area contributed by atoms with Gasteiger partial charge in [-0.05, 0) is 17.7 Å².